The molecule has 4 N–H and O–H groups in total. The van der Waals surface area contributed by atoms with Crippen molar-refractivity contribution in [1.29, 1.82) is 0 Å². The molecule has 2 heterocycles. The van der Waals surface area contributed by atoms with E-state index in [2.05, 4.69) is 24.1 Å². The smallest absolute Gasteiger partial charge is 0.240 e. The van der Waals surface area contributed by atoms with Crippen LogP contribution >= 0.6 is 23.4 Å². The summed E-state index contributed by atoms with van der Waals surface area (Å²) in [6.45, 7) is 14.8. The van der Waals surface area contributed by atoms with Crippen molar-refractivity contribution < 1.29 is 24.9 Å². The van der Waals surface area contributed by atoms with Crippen LogP contribution in [0.1, 0.15) is 74.7 Å². The molecule has 9 unspecified atom stereocenters. The minimum absolute atomic E-state index is 0.0320. The fourth-order valence-corrected chi connectivity index (χ4v) is 6.88. The van der Waals surface area contributed by atoms with Crippen LogP contribution in [0.2, 0.25) is 0 Å². The molecule has 0 aromatic heterocycles. The van der Waals surface area contributed by atoms with Gasteiger partial charge < -0.3 is 25.4 Å². The summed E-state index contributed by atoms with van der Waals surface area (Å²) in [7, 11) is 1.96. The molecule has 2 fully saturated rings. The van der Waals surface area contributed by atoms with Crippen molar-refractivity contribution in [3.05, 3.63) is 0 Å². The second kappa shape index (κ2) is 9.09. The van der Waals surface area contributed by atoms with E-state index in [9.17, 15) is 20.1 Å². The average molecular weight is 509 g/mol. The largest absolute Gasteiger partial charge is 0.384 e. The lowest BCUT2D eigenvalue weighted by Gasteiger charge is -2.63. The van der Waals surface area contributed by atoms with Gasteiger partial charge in [-0.25, -0.2) is 0 Å². The van der Waals surface area contributed by atoms with E-state index in [4.69, 9.17) is 16.3 Å². The maximum atomic E-state index is 13.7. The maximum absolute atomic E-state index is 13.7. The quantitative estimate of drug-likeness (QED) is 0.392. The van der Waals surface area contributed by atoms with Gasteiger partial charge in [-0.15, -0.1) is 23.4 Å². The molecule has 2 saturated heterocycles. The first-order valence-electron chi connectivity index (χ1n) is 11.8. The van der Waals surface area contributed by atoms with Crippen LogP contribution in [-0.2, 0) is 9.53 Å². The lowest BCUT2D eigenvalue weighted by atomic mass is 9.64. The third kappa shape index (κ3) is 4.47. The standard InChI is InChI=1S/C24H45ClN2O5S/c1-11-12-19(3)13-20(4,27(9)14-19)18(28)26-16(15(2)25)17-21(5,29)22(6,30)23(7,31)24(8,32-17)33-10/h15-17,29-31H,11-14H2,1-10H3,(H,26,28). The number of hydrogen-bond donors (Lipinski definition) is 4. The highest BCUT2D eigenvalue weighted by Gasteiger charge is 2.71. The molecule has 0 aliphatic carbocycles. The SMILES string of the molecule is CCCC1(C)CN(C)C(C)(C(=O)NC(C(C)Cl)C2OC(C)(SC)C(C)(O)C(C)(O)C2(C)O)C1. The van der Waals surface area contributed by atoms with Crippen LogP contribution in [0, 0.1) is 5.41 Å². The number of hydrogen-bond acceptors (Lipinski definition) is 7. The Bertz CT molecular complexity index is 748. The van der Waals surface area contributed by atoms with Crippen LogP contribution in [0.3, 0.4) is 0 Å². The fourth-order valence-electron chi connectivity index (χ4n) is 5.89. The summed E-state index contributed by atoms with van der Waals surface area (Å²) in [5, 5.41) is 36.6. The van der Waals surface area contributed by atoms with E-state index in [0.29, 0.717) is 6.42 Å². The van der Waals surface area contributed by atoms with Crippen molar-refractivity contribution >= 4 is 29.3 Å². The number of rotatable bonds is 7. The van der Waals surface area contributed by atoms with E-state index < -0.39 is 44.8 Å². The van der Waals surface area contributed by atoms with Gasteiger partial charge in [-0.2, -0.15) is 0 Å². The Balaban J connectivity index is 2.43. The van der Waals surface area contributed by atoms with Gasteiger partial charge in [0.25, 0.3) is 0 Å². The zero-order valence-corrected chi connectivity index (χ0v) is 23.5. The Hall–Kier alpha value is -0.0900. The molecule has 194 valence electrons. The number of thioether (sulfide) groups is 1. The number of likely N-dealkylation sites (N-methyl/N-ethyl adjacent to an activating group) is 1. The van der Waals surface area contributed by atoms with Gasteiger partial charge in [0.05, 0.1) is 17.0 Å². The van der Waals surface area contributed by atoms with Gasteiger partial charge in [0, 0.05) is 6.54 Å². The number of aliphatic hydroxyl groups is 3. The number of nitrogens with one attached hydrogen (secondary N) is 1. The maximum Gasteiger partial charge on any atom is 0.240 e. The van der Waals surface area contributed by atoms with Crippen molar-refractivity contribution in [2.45, 2.75) is 119 Å². The van der Waals surface area contributed by atoms with Crippen LogP contribution < -0.4 is 5.32 Å². The Kier molecular flexibility index (Phi) is 8.03. The molecule has 0 aromatic carbocycles. The topological polar surface area (TPSA) is 102 Å². The van der Waals surface area contributed by atoms with E-state index >= 15 is 0 Å². The lowest BCUT2D eigenvalue weighted by molar-refractivity contribution is -0.349. The van der Waals surface area contributed by atoms with E-state index in [1.54, 1.807) is 20.1 Å². The zero-order valence-electron chi connectivity index (χ0n) is 22.0. The van der Waals surface area contributed by atoms with Crippen molar-refractivity contribution in [2.24, 2.45) is 5.41 Å². The summed E-state index contributed by atoms with van der Waals surface area (Å²) in [4.78, 5) is 14.5. The molecule has 7 nitrogen and oxygen atoms in total. The number of carbonyl (C=O) groups is 1. The van der Waals surface area contributed by atoms with Crippen molar-refractivity contribution in [3.8, 4) is 0 Å². The number of carbonyl (C=O) groups excluding carboxylic acids is 1. The first kappa shape index (κ1) is 29.1. The summed E-state index contributed by atoms with van der Waals surface area (Å²) in [6.07, 6.45) is 3.47. The monoisotopic (exact) mass is 508 g/mol. The number of halogens is 1. The number of nitrogens with zero attached hydrogens (tertiary/aromatic N) is 1. The van der Waals surface area contributed by atoms with Gasteiger partial charge in [-0.05, 0) is 73.1 Å². The molecule has 9 heteroatoms. The van der Waals surface area contributed by atoms with Gasteiger partial charge >= 0.3 is 0 Å². The van der Waals surface area contributed by atoms with E-state index in [-0.39, 0.29) is 11.3 Å². The van der Waals surface area contributed by atoms with Crippen molar-refractivity contribution in [1.82, 2.24) is 10.2 Å². The minimum Gasteiger partial charge on any atom is -0.384 e. The Labute approximate surface area is 209 Å². The first-order valence-corrected chi connectivity index (χ1v) is 13.5. The van der Waals surface area contributed by atoms with E-state index in [1.807, 2.05) is 14.0 Å². The van der Waals surface area contributed by atoms with Gasteiger partial charge in [0.1, 0.15) is 27.8 Å². The van der Waals surface area contributed by atoms with Crippen LogP contribution in [-0.4, -0.2) is 90.8 Å². The van der Waals surface area contributed by atoms with Crippen LogP contribution in [0.15, 0.2) is 0 Å². The number of amides is 1. The molecule has 0 radical (unpaired) electrons. The number of alkyl halides is 1. The third-order valence-corrected chi connectivity index (χ3v) is 10.4. The molecular formula is C24H45ClN2O5S. The van der Waals surface area contributed by atoms with E-state index in [1.165, 1.54) is 32.5 Å². The molecular weight excluding hydrogens is 464 g/mol. The van der Waals surface area contributed by atoms with Crippen molar-refractivity contribution in [3.63, 3.8) is 0 Å². The van der Waals surface area contributed by atoms with Gasteiger partial charge in [-0.1, -0.05) is 20.3 Å². The Morgan fingerprint density at radius 1 is 1.18 bits per heavy atom. The fraction of sp³-hybridized carbons (Fsp3) is 0.958. The summed E-state index contributed by atoms with van der Waals surface area (Å²) >= 11 is 7.81. The minimum atomic E-state index is -1.96. The molecule has 2 rings (SSSR count). The Morgan fingerprint density at radius 3 is 2.18 bits per heavy atom. The predicted molar refractivity (Wildman–Crippen MR) is 135 cm³/mol. The average Bonchev–Trinajstić information content (AvgIpc) is 2.91. The molecule has 0 spiro atoms. The lowest BCUT2D eigenvalue weighted by Crippen LogP contribution is -2.82. The zero-order chi connectivity index (χ0) is 25.8. The second-order valence-electron chi connectivity index (χ2n) is 11.5. The van der Waals surface area contributed by atoms with E-state index in [0.717, 1.165) is 19.4 Å². The summed E-state index contributed by atoms with van der Waals surface area (Å²) in [6, 6.07) is -0.813. The normalized spacial score (nSPS) is 48.5. The highest BCUT2D eigenvalue weighted by Crippen LogP contribution is 2.54. The second-order valence-corrected chi connectivity index (χ2v) is 13.4. The Morgan fingerprint density at radius 2 is 1.73 bits per heavy atom. The first-order chi connectivity index (χ1) is 14.8. The highest BCUT2D eigenvalue weighted by molar-refractivity contribution is 7.99. The van der Waals surface area contributed by atoms with Crippen LogP contribution in [0.4, 0.5) is 0 Å². The molecule has 1 amide bonds. The molecule has 0 bridgehead atoms. The van der Waals surface area contributed by atoms with Gasteiger partial charge in [0.15, 0.2) is 0 Å². The third-order valence-electron chi connectivity index (χ3n) is 8.81. The van der Waals surface area contributed by atoms with Crippen LogP contribution in [0.5, 0.6) is 0 Å². The summed E-state index contributed by atoms with van der Waals surface area (Å²) in [5.74, 6) is -0.190. The molecule has 0 aromatic rings. The van der Waals surface area contributed by atoms with Gasteiger partial charge in [-0.3, -0.25) is 9.69 Å². The van der Waals surface area contributed by atoms with Crippen molar-refractivity contribution in [2.75, 3.05) is 19.8 Å². The molecule has 2 aliphatic heterocycles. The molecule has 2 aliphatic rings. The van der Waals surface area contributed by atoms with Gasteiger partial charge in [0.2, 0.25) is 5.91 Å². The molecule has 0 saturated carbocycles. The predicted octanol–water partition coefficient (Wildman–Crippen LogP) is 2.73. The van der Waals surface area contributed by atoms with Crippen LogP contribution in [0.25, 0.3) is 0 Å². The summed E-state index contributed by atoms with van der Waals surface area (Å²) in [5.41, 5.74) is -6.37. The number of likely N-dealkylation sites (tertiary alicyclic amines) is 1. The summed E-state index contributed by atoms with van der Waals surface area (Å²) < 4.78 is 6.31. The number of ether oxygens (including phenoxy) is 1. The highest BCUT2D eigenvalue weighted by atomic mass is 35.5. The molecule has 9 atom stereocenters. The molecule has 33 heavy (non-hydrogen) atoms.